The van der Waals surface area contributed by atoms with Gasteiger partial charge >= 0.3 is 0 Å². The Balaban J connectivity index is 0.00000261. The first-order valence-electron chi connectivity index (χ1n) is 9.95. The molecule has 2 amide bonds. The quantitative estimate of drug-likeness (QED) is 0.836. The SMILES string of the molecule is CCC(C)C(C(=O)N1CCCC(N2CCNCC2=O)C1)c1ccccc1.Cl. The molecule has 0 saturated carbocycles. The third-order valence-corrected chi connectivity index (χ3v) is 5.91. The van der Waals surface area contributed by atoms with E-state index >= 15 is 0 Å². The van der Waals surface area contributed by atoms with Gasteiger partial charge in [-0.05, 0) is 24.3 Å². The Morgan fingerprint density at radius 2 is 2.00 bits per heavy atom. The fraction of sp³-hybridized carbons (Fsp3) is 0.619. The van der Waals surface area contributed by atoms with Crippen molar-refractivity contribution in [2.24, 2.45) is 5.92 Å². The maximum absolute atomic E-state index is 13.4. The van der Waals surface area contributed by atoms with E-state index in [-0.39, 0.29) is 36.2 Å². The van der Waals surface area contributed by atoms with Crippen LogP contribution in [0, 0.1) is 5.92 Å². The van der Waals surface area contributed by atoms with Crippen molar-refractivity contribution in [3.8, 4) is 0 Å². The first kappa shape index (κ1) is 21.7. The lowest BCUT2D eigenvalue weighted by Crippen LogP contribution is -2.58. The molecule has 27 heavy (non-hydrogen) atoms. The number of halogens is 1. The summed E-state index contributed by atoms with van der Waals surface area (Å²) >= 11 is 0. The number of likely N-dealkylation sites (tertiary alicyclic amines) is 1. The molecule has 5 nitrogen and oxygen atoms in total. The molecule has 150 valence electrons. The Hall–Kier alpha value is -1.59. The van der Waals surface area contributed by atoms with Crippen molar-refractivity contribution in [1.82, 2.24) is 15.1 Å². The second kappa shape index (κ2) is 10.1. The van der Waals surface area contributed by atoms with Gasteiger partial charge in [0.15, 0.2) is 0 Å². The second-order valence-corrected chi connectivity index (χ2v) is 7.62. The molecule has 2 aliphatic rings. The molecule has 3 unspecified atom stereocenters. The van der Waals surface area contributed by atoms with Gasteiger partial charge in [0.25, 0.3) is 0 Å². The van der Waals surface area contributed by atoms with Crippen LogP contribution >= 0.6 is 12.4 Å². The van der Waals surface area contributed by atoms with Crippen LogP contribution in [-0.4, -0.2) is 60.4 Å². The number of rotatable bonds is 5. The molecular formula is C21H32ClN3O2. The molecule has 0 spiro atoms. The minimum Gasteiger partial charge on any atom is -0.340 e. The largest absolute Gasteiger partial charge is 0.340 e. The van der Waals surface area contributed by atoms with Crippen molar-refractivity contribution < 1.29 is 9.59 Å². The Morgan fingerprint density at radius 3 is 2.67 bits per heavy atom. The summed E-state index contributed by atoms with van der Waals surface area (Å²) in [5.41, 5.74) is 1.10. The van der Waals surface area contributed by atoms with Crippen LogP contribution in [0.15, 0.2) is 30.3 Å². The third-order valence-electron chi connectivity index (χ3n) is 5.91. The van der Waals surface area contributed by atoms with Crippen molar-refractivity contribution >= 4 is 24.2 Å². The number of nitrogens with one attached hydrogen (secondary N) is 1. The van der Waals surface area contributed by atoms with Crippen LogP contribution in [-0.2, 0) is 9.59 Å². The zero-order valence-corrected chi connectivity index (χ0v) is 17.2. The van der Waals surface area contributed by atoms with Gasteiger partial charge in [0, 0.05) is 32.2 Å². The van der Waals surface area contributed by atoms with Crippen LogP contribution in [0.3, 0.4) is 0 Å². The van der Waals surface area contributed by atoms with E-state index < -0.39 is 0 Å². The number of carbonyl (C=O) groups excluding carboxylic acids is 2. The van der Waals surface area contributed by atoms with Gasteiger partial charge in [-0.1, -0.05) is 50.6 Å². The summed E-state index contributed by atoms with van der Waals surface area (Å²) in [6, 6.07) is 10.3. The Morgan fingerprint density at radius 1 is 1.26 bits per heavy atom. The van der Waals surface area contributed by atoms with Gasteiger partial charge in [-0.15, -0.1) is 12.4 Å². The van der Waals surface area contributed by atoms with Crippen molar-refractivity contribution in [3.05, 3.63) is 35.9 Å². The zero-order chi connectivity index (χ0) is 18.5. The summed E-state index contributed by atoms with van der Waals surface area (Å²) in [5, 5.41) is 3.13. The highest BCUT2D eigenvalue weighted by Crippen LogP contribution is 2.30. The number of carbonyl (C=O) groups is 2. The lowest BCUT2D eigenvalue weighted by atomic mass is 9.84. The van der Waals surface area contributed by atoms with Crippen LogP contribution in [0.5, 0.6) is 0 Å². The average molecular weight is 394 g/mol. The molecule has 0 aliphatic carbocycles. The van der Waals surface area contributed by atoms with E-state index in [0.717, 1.165) is 44.5 Å². The maximum Gasteiger partial charge on any atom is 0.236 e. The Kier molecular flexibility index (Phi) is 8.11. The first-order chi connectivity index (χ1) is 12.6. The van der Waals surface area contributed by atoms with Crippen molar-refractivity contribution in [1.29, 1.82) is 0 Å². The molecule has 2 fully saturated rings. The van der Waals surface area contributed by atoms with Gasteiger partial charge < -0.3 is 15.1 Å². The Bertz CT molecular complexity index is 625. The van der Waals surface area contributed by atoms with Gasteiger partial charge in [-0.3, -0.25) is 9.59 Å². The fourth-order valence-corrected chi connectivity index (χ4v) is 4.22. The molecule has 2 heterocycles. The number of hydrogen-bond acceptors (Lipinski definition) is 3. The summed E-state index contributed by atoms with van der Waals surface area (Å²) in [4.78, 5) is 29.6. The van der Waals surface area contributed by atoms with Crippen LogP contribution < -0.4 is 5.32 Å². The summed E-state index contributed by atoms with van der Waals surface area (Å²) in [6.07, 6.45) is 2.93. The molecule has 1 N–H and O–H groups in total. The molecule has 3 rings (SSSR count). The second-order valence-electron chi connectivity index (χ2n) is 7.62. The van der Waals surface area contributed by atoms with Crippen LogP contribution in [0.4, 0.5) is 0 Å². The van der Waals surface area contributed by atoms with Crippen LogP contribution in [0.25, 0.3) is 0 Å². The van der Waals surface area contributed by atoms with E-state index in [1.54, 1.807) is 0 Å². The molecule has 6 heteroatoms. The fourth-order valence-electron chi connectivity index (χ4n) is 4.22. The monoisotopic (exact) mass is 393 g/mol. The Labute approximate surface area is 168 Å². The average Bonchev–Trinajstić information content (AvgIpc) is 2.69. The first-order valence-corrected chi connectivity index (χ1v) is 9.95. The number of piperazine rings is 1. The molecule has 2 aliphatic heterocycles. The summed E-state index contributed by atoms with van der Waals surface area (Å²) in [6.45, 7) is 7.79. The van der Waals surface area contributed by atoms with Gasteiger partial charge in [-0.25, -0.2) is 0 Å². The summed E-state index contributed by atoms with van der Waals surface area (Å²) in [7, 11) is 0. The smallest absolute Gasteiger partial charge is 0.236 e. The number of nitrogens with zero attached hydrogens (tertiary/aromatic N) is 2. The predicted molar refractivity (Wildman–Crippen MR) is 110 cm³/mol. The molecule has 1 aromatic rings. The number of amides is 2. The highest BCUT2D eigenvalue weighted by Gasteiger charge is 2.35. The molecular weight excluding hydrogens is 362 g/mol. The predicted octanol–water partition coefficient (Wildman–Crippen LogP) is 2.66. The number of benzene rings is 1. The minimum absolute atomic E-state index is 0. The van der Waals surface area contributed by atoms with Gasteiger partial charge in [0.05, 0.1) is 12.5 Å². The van der Waals surface area contributed by atoms with E-state index in [9.17, 15) is 9.59 Å². The third kappa shape index (κ3) is 5.02. The summed E-state index contributed by atoms with van der Waals surface area (Å²) < 4.78 is 0. The van der Waals surface area contributed by atoms with Crippen LogP contribution in [0.2, 0.25) is 0 Å². The molecule has 3 atom stereocenters. The minimum atomic E-state index is -0.0984. The van der Waals surface area contributed by atoms with E-state index in [2.05, 4.69) is 31.3 Å². The lowest BCUT2D eigenvalue weighted by molar-refractivity contribution is -0.141. The number of piperidine rings is 1. The molecule has 2 saturated heterocycles. The van der Waals surface area contributed by atoms with Crippen molar-refractivity contribution in [3.63, 3.8) is 0 Å². The number of hydrogen-bond donors (Lipinski definition) is 1. The maximum atomic E-state index is 13.4. The highest BCUT2D eigenvalue weighted by molar-refractivity contribution is 5.85. The standard InChI is InChI=1S/C21H31N3O2.ClH/c1-3-16(2)20(17-8-5-4-6-9-17)21(26)23-12-7-10-18(15-23)24-13-11-22-14-19(24)25;/h4-6,8-9,16,18,20,22H,3,7,10-15H2,1-2H3;1H. The van der Waals surface area contributed by atoms with Gasteiger partial charge in [0.1, 0.15) is 0 Å². The summed E-state index contributed by atoms with van der Waals surface area (Å²) in [5.74, 6) is 0.583. The molecule has 0 aromatic heterocycles. The zero-order valence-electron chi connectivity index (χ0n) is 16.4. The topological polar surface area (TPSA) is 52.7 Å². The molecule has 0 radical (unpaired) electrons. The lowest BCUT2D eigenvalue weighted by Gasteiger charge is -2.42. The van der Waals surface area contributed by atoms with Gasteiger partial charge in [-0.2, -0.15) is 0 Å². The van der Waals surface area contributed by atoms with E-state index in [1.165, 1.54) is 0 Å². The normalized spacial score (nSPS) is 22.7. The van der Waals surface area contributed by atoms with E-state index in [1.807, 2.05) is 28.0 Å². The van der Waals surface area contributed by atoms with Gasteiger partial charge in [0.2, 0.25) is 11.8 Å². The van der Waals surface area contributed by atoms with E-state index in [4.69, 9.17) is 0 Å². The van der Waals surface area contributed by atoms with E-state index in [0.29, 0.717) is 19.0 Å². The molecule has 0 bridgehead atoms. The van der Waals surface area contributed by atoms with Crippen LogP contribution in [0.1, 0.15) is 44.6 Å². The highest BCUT2D eigenvalue weighted by atomic mass is 35.5. The molecule has 1 aromatic carbocycles. The van der Waals surface area contributed by atoms with Crippen molar-refractivity contribution in [2.75, 3.05) is 32.7 Å². The van der Waals surface area contributed by atoms with Crippen molar-refractivity contribution in [2.45, 2.75) is 45.1 Å².